The summed E-state index contributed by atoms with van der Waals surface area (Å²) in [6.07, 6.45) is 1.30. The molecule has 0 spiro atoms. The summed E-state index contributed by atoms with van der Waals surface area (Å²) in [6, 6.07) is 0.158. The SMILES string of the molecule is CC1C(C)C2(C)OCCC(=O)CCOC3(C)C4(C)OCCC(=O)CCOC(C)C4(C)N1C23C. The second-order valence-electron chi connectivity index (χ2n) is 11.4. The van der Waals surface area contributed by atoms with Gasteiger partial charge in [0.15, 0.2) is 0 Å². The molecule has 4 aliphatic rings. The van der Waals surface area contributed by atoms with Gasteiger partial charge in [-0.3, -0.25) is 14.5 Å². The van der Waals surface area contributed by atoms with Crippen molar-refractivity contribution in [3.05, 3.63) is 0 Å². The third-order valence-electron chi connectivity index (χ3n) is 10.6. The van der Waals surface area contributed by atoms with Gasteiger partial charge in [-0.15, -0.1) is 0 Å². The van der Waals surface area contributed by atoms with E-state index >= 15 is 0 Å². The largest absolute Gasteiger partial charge is 0.376 e. The molecular formula is C26H43NO6. The first-order valence-corrected chi connectivity index (χ1v) is 12.7. The summed E-state index contributed by atoms with van der Waals surface area (Å²) in [5.74, 6) is 0.490. The van der Waals surface area contributed by atoms with Crippen molar-refractivity contribution >= 4 is 11.6 Å². The number of ketones is 2. The molecule has 4 rings (SSSR count). The van der Waals surface area contributed by atoms with E-state index in [9.17, 15) is 9.59 Å². The van der Waals surface area contributed by atoms with E-state index in [1.807, 2.05) is 0 Å². The summed E-state index contributed by atoms with van der Waals surface area (Å²) >= 11 is 0. The van der Waals surface area contributed by atoms with Crippen LogP contribution in [0.3, 0.4) is 0 Å². The van der Waals surface area contributed by atoms with E-state index in [1.54, 1.807) is 0 Å². The molecule has 0 saturated carbocycles. The van der Waals surface area contributed by atoms with Gasteiger partial charge in [-0.1, -0.05) is 6.92 Å². The molecule has 4 saturated heterocycles. The van der Waals surface area contributed by atoms with E-state index in [2.05, 4.69) is 60.3 Å². The molecule has 0 aromatic heterocycles. The van der Waals surface area contributed by atoms with Gasteiger partial charge >= 0.3 is 0 Å². The second kappa shape index (κ2) is 8.09. The molecular weight excluding hydrogens is 422 g/mol. The predicted molar refractivity (Wildman–Crippen MR) is 124 cm³/mol. The van der Waals surface area contributed by atoms with Crippen molar-refractivity contribution in [2.45, 2.75) is 121 Å². The fourth-order valence-electron chi connectivity index (χ4n) is 7.84. The fraction of sp³-hybridized carbons (Fsp3) is 0.923. The molecule has 8 unspecified atom stereocenters. The highest BCUT2D eigenvalue weighted by molar-refractivity contribution is 5.79. The van der Waals surface area contributed by atoms with Crippen LogP contribution in [0, 0.1) is 5.92 Å². The Kier molecular flexibility index (Phi) is 6.19. The van der Waals surface area contributed by atoms with Gasteiger partial charge in [0.05, 0.1) is 49.2 Å². The van der Waals surface area contributed by atoms with Crippen LogP contribution in [0.5, 0.6) is 0 Å². The Labute approximate surface area is 198 Å². The standard InChI is InChI=1S/C26H43NO6/c1-17-18(2)27-22(4)19(3)30-13-9-20(28)11-15-32-25(22,7)26(8)24(27,6)23(17,5)31-14-10-21(29)12-16-33-26/h17-19H,9-16H2,1-8H3. The number of rotatable bonds is 0. The molecule has 4 fully saturated rings. The third kappa shape index (κ3) is 2.98. The zero-order valence-corrected chi connectivity index (χ0v) is 21.8. The van der Waals surface area contributed by atoms with E-state index in [4.69, 9.17) is 18.9 Å². The van der Waals surface area contributed by atoms with Crippen LogP contribution in [-0.2, 0) is 28.5 Å². The first-order chi connectivity index (χ1) is 15.3. The highest BCUT2D eigenvalue weighted by Gasteiger charge is 2.86. The van der Waals surface area contributed by atoms with E-state index in [0.29, 0.717) is 52.1 Å². The molecule has 0 aromatic carbocycles. The summed E-state index contributed by atoms with van der Waals surface area (Å²) in [6.45, 7) is 19.0. The smallest absolute Gasteiger partial charge is 0.137 e. The van der Waals surface area contributed by atoms with Crippen LogP contribution in [0.2, 0.25) is 0 Å². The molecule has 0 N–H and O–H groups in total. The Balaban J connectivity index is 1.96. The van der Waals surface area contributed by atoms with Crippen molar-refractivity contribution in [1.29, 1.82) is 0 Å². The Hall–Kier alpha value is -0.860. The Morgan fingerprint density at radius 1 is 0.727 bits per heavy atom. The molecule has 188 valence electrons. The number of hydrogen-bond donors (Lipinski definition) is 0. The molecule has 0 radical (unpaired) electrons. The van der Waals surface area contributed by atoms with Crippen molar-refractivity contribution in [2.24, 2.45) is 5.92 Å². The summed E-state index contributed by atoms with van der Waals surface area (Å²) < 4.78 is 26.7. The normalized spacial score (nSPS) is 52.3. The van der Waals surface area contributed by atoms with Gasteiger partial charge < -0.3 is 18.9 Å². The second-order valence-corrected chi connectivity index (χ2v) is 11.4. The van der Waals surface area contributed by atoms with Gasteiger partial charge in [-0.05, 0) is 48.5 Å². The Morgan fingerprint density at radius 3 is 1.79 bits per heavy atom. The van der Waals surface area contributed by atoms with Crippen LogP contribution < -0.4 is 0 Å². The molecule has 7 heteroatoms. The summed E-state index contributed by atoms with van der Waals surface area (Å²) in [4.78, 5) is 27.4. The highest BCUT2D eigenvalue weighted by atomic mass is 16.6. The van der Waals surface area contributed by atoms with Crippen molar-refractivity contribution in [2.75, 3.05) is 26.4 Å². The van der Waals surface area contributed by atoms with Crippen LogP contribution in [0.15, 0.2) is 0 Å². The van der Waals surface area contributed by atoms with Crippen LogP contribution >= 0.6 is 0 Å². The van der Waals surface area contributed by atoms with Crippen molar-refractivity contribution in [3.8, 4) is 0 Å². The molecule has 33 heavy (non-hydrogen) atoms. The lowest BCUT2D eigenvalue weighted by Gasteiger charge is -2.56. The van der Waals surface area contributed by atoms with Crippen LogP contribution in [-0.4, -0.2) is 82.9 Å². The number of hydrogen-bond acceptors (Lipinski definition) is 7. The van der Waals surface area contributed by atoms with Crippen LogP contribution in [0.1, 0.15) is 81.1 Å². The Bertz CT molecular complexity index is 819. The molecule has 0 amide bonds. The number of Topliss-reactive ketones (excluding diaryl/α,β-unsaturated/α-hetero) is 2. The van der Waals surface area contributed by atoms with Gasteiger partial charge in [-0.25, -0.2) is 0 Å². The van der Waals surface area contributed by atoms with Crippen molar-refractivity contribution in [3.63, 3.8) is 0 Å². The highest BCUT2D eigenvalue weighted by Crippen LogP contribution is 2.68. The van der Waals surface area contributed by atoms with Gasteiger partial charge in [0.25, 0.3) is 0 Å². The average molecular weight is 466 g/mol. The van der Waals surface area contributed by atoms with E-state index in [1.165, 1.54) is 0 Å². The number of carbonyl (C=O) groups excluding carboxylic acids is 2. The minimum atomic E-state index is -0.833. The van der Waals surface area contributed by atoms with Gasteiger partial charge in [0, 0.05) is 37.6 Å². The quantitative estimate of drug-likeness (QED) is 0.543. The first kappa shape index (κ1) is 25.2. The van der Waals surface area contributed by atoms with E-state index in [0.717, 1.165) is 0 Å². The zero-order valence-electron chi connectivity index (χ0n) is 21.8. The minimum absolute atomic E-state index is 0.150. The van der Waals surface area contributed by atoms with Gasteiger partial charge in [-0.2, -0.15) is 0 Å². The zero-order chi connectivity index (χ0) is 24.4. The van der Waals surface area contributed by atoms with Crippen molar-refractivity contribution < 1.29 is 28.5 Å². The Morgan fingerprint density at radius 2 is 1.21 bits per heavy atom. The van der Waals surface area contributed by atoms with Gasteiger partial charge in [0.1, 0.15) is 22.8 Å². The number of nitrogens with zero attached hydrogens (tertiary/aromatic N) is 1. The van der Waals surface area contributed by atoms with Crippen LogP contribution in [0.4, 0.5) is 0 Å². The van der Waals surface area contributed by atoms with E-state index < -0.39 is 27.9 Å². The number of ether oxygens (including phenoxy) is 4. The topological polar surface area (TPSA) is 74.3 Å². The monoisotopic (exact) mass is 465 g/mol. The lowest BCUT2D eigenvalue weighted by Crippen LogP contribution is -2.72. The molecule has 0 bridgehead atoms. The lowest BCUT2D eigenvalue weighted by molar-refractivity contribution is -0.249. The minimum Gasteiger partial charge on any atom is -0.376 e. The molecule has 4 heterocycles. The summed E-state index contributed by atoms with van der Waals surface area (Å²) in [5.41, 5.74) is -3.38. The maximum atomic E-state index is 12.5. The average Bonchev–Trinajstić information content (AvgIpc) is 2.97. The van der Waals surface area contributed by atoms with E-state index in [-0.39, 0.29) is 29.6 Å². The molecule has 8 atom stereocenters. The molecule has 0 aliphatic carbocycles. The first-order valence-electron chi connectivity index (χ1n) is 12.7. The maximum absolute atomic E-state index is 12.5. The van der Waals surface area contributed by atoms with Crippen LogP contribution in [0.25, 0.3) is 0 Å². The maximum Gasteiger partial charge on any atom is 0.137 e. The van der Waals surface area contributed by atoms with Crippen molar-refractivity contribution in [1.82, 2.24) is 4.90 Å². The van der Waals surface area contributed by atoms with Gasteiger partial charge in [0.2, 0.25) is 0 Å². The predicted octanol–water partition coefficient (Wildman–Crippen LogP) is 3.31. The number of fused-ring (bicyclic) bond motifs is 3. The molecule has 7 nitrogen and oxygen atoms in total. The lowest BCUT2D eigenvalue weighted by atomic mass is 9.61. The summed E-state index contributed by atoms with van der Waals surface area (Å²) in [7, 11) is 0. The molecule has 0 aromatic rings. The summed E-state index contributed by atoms with van der Waals surface area (Å²) in [5, 5.41) is 0. The molecule has 4 aliphatic heterocycles. The fourth-order valence-corrected chi connectivity index (χ4v) is 7.84. The third-order valence-corrected chi connectivity index (χ3v) is 10.6. The number of carbonyl (C=O) groups is 2.